The molecular formula is C24H25N5OS. The van der Waals surface area contributed by atoms with Gasteiger partial charge in [-0.3, -0.25) is 0 Å². The summed E-state index contributed by atoms with van der Waals surface area (Å²) in [7, 11) is 0. The van der Waals surface area contributed by atoms with E-state index in [0.29, 0.717) is 23.6 Å². The van der Waals surface area contributed by atoms with Crippen LogP contribution in [0.3, 0.4) is 0 Å². The fraction of sp³-hybridized carbons (Fsp3) is 0.333. The highest BCUT2D eigenvalue weighted by atomic mass is 32.2. The molecule has 1 saturated carbocycles. The molecule has 0 amide bonds. The van der Waals surface area contributed by atoms with Crippen molar-refractivity contribution in [3.05, 3.63) is 77.9 Å². The van der Waals surface area contributed by atoms with E-state index in [1.807, 2.05) is 36.4 Å². The molecule has 2 aromatic carbocycles. The van der Waals surface area contributed by atoms with Gasteiger partial charge in [-0.25, -0.2) is 0 Å². The Morgan fingerprint density at radius 2 is 1.58 bits per heavy atom. The second-order valence-corrected chi connectivity index (χ2v) is 8.82. The number of thioether (sulfide) groups is 1. The molecule has 0 aliphatic heterocycles. The van der Waals surface area contributed by atoms with Gasteiger partial charge in [-0.15, -0.1) is 20.4 Å². The van der Waals surface area contributed by atoms with E-state index in [1.54, 1.807) is 11.8 Å². The monoisotopic (exact) mass is 431 g/mol. The van der Waals surface area contributed by atoms with Gasteiger partial charge >= 0.3 is 0 Å². The van der Waals surface area contributed by atoms with Crippen molar-refractivity contribution in [2.75, 3.05) is 0 Å². The Morgan fingerprint density at radius 3 is 2.35 bits per heavy atom. The standard InChI is InChI=1S/C24H25N5OS/c1-4-10-18(11-5-1)16-21-25-28-24(29(21)20-14-8-3-9-15-20)31-17-22-26-27-23(30-22)19-12-6-2-7-13-19/h1-2,4-7,10-13,20H,3,8-9,14-17H2. The molecule has 0 saturated heterocycles. The maximum atomic E-state index is 5.88. The molecule has 1 aliphatic carbocycles. The minimum absolute atomic E-state index is 0.465. The van der Waals surface area contributed by atoms with Crippen LogP contribution in [0.1, 0.15) is 55.4 Å². The third-order valence-corrected chi connectivity index (χ3v) is 6.62. The summed E-state index contributed by atoms with van der Waals surface area (Å²) in [4.78, 5) is 0. The van der Waals surface area contributed by atoms with Crippen LogP contribution in [0.4, 0.5) is 0 Å². The molecule has 6 nitrogen and oxygen atoms in total. The number of rotatable bonds is 7. The van der Waals surface area contributed by atoms with Gasteiger partial charge in [-0.2, -0.15) is 0 Å². The van der Waals surface area contributed by atoms with E-state index in [4.69, 9.17) is 4.42 Å². The van der Waals surface area contributed by atoms with Crippen molar-refractivity contribution in [3.8, 4) is 11.5 Å². The molecule has 2 heterocycles. The van der Waals surface area contributed by atoms with Crippen molar-refractivity contribution in [1.82, 2.24) is 25.0 Å². The van der Waals surface area contributed by atoms with E-state index in [-0.39, 0.29) is 0 Å². The molecule has 31 heavy (non-hydrogen) atoms. The second kappa shape index (κ2) is 9.47. The zero-order valence-electron chi connectivity index (χ0n) is 17.4. The van der Waals surface area contributed by atoms with Gasteiger partial charge in [0.15, 0.2) is 5.16 Å². The summed E-state index contributed by atoms with van der Waals surface area (Å²) < 4.78 is 8.25. The third kappa shape index (κ3) is 4.71. The lowest BCUT2D eigenvalue weighted by molar-refractivity contribution is 0.330. The summed E-state index contributed by atoms with van der Waals surface area (Å²) in [5, 5.41) is 18.5. The van der Waals surface area contributed by atoms with E-state index in [1.165, 1.54) is 37.7 Å². The van der Waals surface area contributed by atoms with Gasteiger partial charge in [-0.1, -0.05) is 79.6 Å². The van der Waals surface area contributed by atoms with Crippen LogP contribution in [0.2, 0.25) is 0 Å². The molecule has 7 heteroatoms. The number of hydrogen-bond donors (Lipinski definition) is 0. The highest BCUT2D eigenvalue weighted by molar-refractivity contribution is 7.98. The van der Waals surface area contributed by atoms with Crippen LogP contribution in [0.15, 0.2) is 70.2 Å². The quantitative estimate of drug-likeness (QED) is 0.349. The van der Waals surface area contributed by atoms with Gasteiger partial charge in [0.25, 0.3) is 0 Å². The summed E-state index contributed by atoms with van der Waals surface area (Å²) in [5.74, 6) is 2.77. The van der Waals surface area contributed by atoms with E-state index in [9.17, 15) is 0 Å². The van der Waals surface area contributed by atoms with Crippen LogP contribution in [0, 0.1) is 0 Å². The topological polar surface area (TPSA) is 69.6 Å². The first-order valence-corrected chi connectivity index (χ1v) is 11.8. The molecule has 5 rings (SSSR count). The number of benzene rings is 2. The number of aromatic nitrogens is 5. The molecule has 158 valence electrons. The summed E-state index contributed by atoms with van der Waals surface area (Å²) in [6.07, 6.45) is 7.02. The van der Waals surface area contributed by atoms with Crippen LogP contribution in [0.25, 0.3) is 11.5 Å². The number of nitrogens with zero attached hydrogens (tertiary/aromatic N) is 5. The molecule has 0 bridgehead atoms. The van der Waals surface area contributed by atoms with E-state index in [0.717, 1.165) is 23.0 Å². The van der Waals surface area contributed by atoms with Crippen LogP contribution < -0.4 is 0 Å². The molecule has 0 radical (unpaired) electrons. The van der Waals surface area contributed by atoms with Gasteiger partial charge in [0, 0.05) is 18.0 Å². The van der Waals surface area contributed by atoms with Crippen LogP contribution in [-0.2, 0) is 12.2 Å². The molecule has 0 N–H and O–H groups in total. The molecule has 1 fully saturated rings. The van der Waals surface area contributed by atoms with Crippen LogP contribution in [0.5, 0.6) is 0 Å². The second-order valence-electron chi connectivity index (χ2n) is 7.88. The van der Waals surface area contributed by atoms with Gasteiger partial charge in [0.05, 0.1) is 5.75 Å². The smallest absolute Gasteiger partial charge is 0.247 e. The lowest BCUT2D eigenvalue weighted by atomic mass is 9.95. The first kappa shape index (κ1) is 20.0. The van der Waals surface area contributed by atoms with E-state index < -0.39 is 0 Å². The minimum atomic E-state index is 0.465. The van der Waals surface area contributed by atoms with Gasteiger partial charge < -0.3 is 8.98 Å². The zero-order chi connectivity index (χ0) is 20.9. The van der Waals surface area contributed by atoms with Crippen molar-refractivity contribution >= 4 is 11.8 Å². The Labute approximate surface area is 186 Å². The SMILES string of the molecule is c1ccc(Cc2nnc(SCc3nnc(-c4ccccc4)o3)n2C2CCCCC2)cc1. The van der Waals surface area contributed by atoms with E-state index >= 15 is 0 Å². The molecule has 0 spiro atoms. The van der Waals surface area contributed by atoms with Crippen LogP contribution >= 0.6 is 11.8 Å². The van der Waals surface area contributed by atoms with E-state index in [2.05, 4.69) is 49.2 Å². The summed E-state index contributed by atoms with van der Waals surface area (Å²) >= 11 is 1.63. The maximum absolute atomic E-state index is 5.88. The predicted molar refractivity (Wildman–Crippen MR) is 121 cm³/mol. The van der Waals surface area contributed by atoms with Crippen LogP contribution in [-0.4, -0.2) is 25.0 Å². The normalized spacial score (nSPS) is 14.7. The Hall–Kier alpha value is -2.93. The molecule has 0 unspecified atom stereocenters. The highest BCUT2D eigenvalue weighted by Gasteiger charge is 2.23. The average molecular weight is 432 g/mol. The molecule has 2 aromatic heterocycles. The van der Waals surface area contributed by atoms with Crippen molar-refractivity contribution < 1.29 is 4.42 Å². The first-order chi connectivity index (χ1) is 15.4. The maximum Gasteiger partial charge on any atom is 0.247 e. The lowest BCUT2D eigenvalue weighted by Gasteiger charge is -2.25. The fourth-order valence-electron chi connectivity index (χ4n) is 4.15. The molecule has 4 aromatic rings. The average Bonchev–Trinajstić information content (AvgIpc) is 3.47. The van der Waals surface area contributed by atoms with Gasteiger partial charge in [0.2, 0.25) is 11.8 Å². The summed E-state index contributed by atoms with van der Waals surface area (Å²) in [5.41, 5.74) is 2.19. The minimum Gasteiger partial charge on any atom is -0.420 e. The Kier molecular flexibility index (Phi) is 6.11. The van der Waals surface area contributed by atoms with Crippen molar-refractivity contribution in [3.63, 3.8) is 0 Å². The Morgan fingerprint density at radius 1 is 0.839 bits per heavy atom. The third-order valence-electron chi connectivity index (χ3n) is 5.69. The fourth-order valence-corrected chi connectivity index (χ4v) is 5.01. The van der Waals surface area contributed by atoms with Crippen molar-refractivity contribution in [2.45, 2.75) is 55.5 Å². The number of hydrogen-bond acceptors (Lipinski definition) is 6. The first-order valence-electron chi connectivity index (χ1n) is 10.8. The van der Waals surface area contributed by atoms with Crippen molar-refractivity contribution in [2.24, 2.45) is 0 Å². The Bertz CT molecular complexity index is 1100. The summed E-state index contributed by atoms with van der Waals surface area (Å²) in [6, 6.07) is 20.8. The molecular weight excluding hydrogens is 406 g/mol. The van der Waals surface area contributed by atoms with Gasteiger partial charge in [-0.05, 0) is 30.5 Å². The zero-order valence-corrected chi connectivity index (χ0v) is 18.2. The lowest BCUT2D eigenvalue weighted by Crippen LogP contribution is -2.17. The predicted octanol–water partition coefficient (Wildman–Crippen LogP) is 5.72. The van der Waals surface area contributed by atoms with Gasteiger partial charge in [0.1, 0.15) is 5.82 Å². The molecule has 1 aliphatic rings. The summed E-state index contributed by atoms with van der Waals surface area (Å²) in [6.45, 7) is 0. The molecule has 0 atom stereocenters. The Balaban J connectivity index is 1.35. The largest absolute Gasteiger partial charge is 0.420 e. The van der Waals surface area contributed by atoms with Crippen molar-refractivity contribution in [1.29, 1.82) is 0 Å². The highest BCUT2D eigenvalue weighted by Crippen LogP contribution is 2.34.